The maximum absolute atomic E-state index is 9.22. The summed E-state index contributed by atoms with van der Waals surface area (Å²) in [6, 6.07) is 16.5. The molecule has 0 aliphatic rings. The zero-order valence-corrected chi connectivity index (χ0v) is 13.4. The average Bonchev–Trinajstić information content (AvgIpc) is 2.56. The fraction of sp³-hybridized carbons (Fsp3) is 0.368. The van der Waals surface area contributed by atoms with Crippen LogP contribution in [-0.4, -0.2) is 18.3 Å². The van der Waals surface area contributed by atoms with Gasteiger partial charge in [0, 0.05) is 6.04 Å². The lowest BCUT2D eigenvalue weighted by atomic mass is 10.0. The first kappa shape index (κ1) is 16.5. The molecule has 0 radical (unpaired) electrons. The molecular weight excluding hydrogens is 274 g/mol. The Morgan fingerprint density at radius 3 is 2.73 bits per heavy atom. The highest BCUT2D eigenvalue weighted by molar-refractivity contribution is 5.33. The Labute approximate surface area is 133 Å². The molecule has 2 aromatic carbocycles. The van der Waals surface area contributed by atoms with E-state index in [1.165, 1.54) is 11.1 Å². The Balaban J connectivity index is 1.90. The van der Waals surface area contributed by atoms with Crippen LogP contribution in [0.2, 0.25) is 0 Å². The number of para-hydroxylation sites is 1. The Morgan fingerprint density at radius 1 is 1.14 bits per heavy atom. The zero-order valence-electron chi connectivity index (χ0n) is 13.4. The van der Waals surface area contributed by atoms with E-state index in [0.29, 0.717) is 6.61 Å². The van der Waals surface area contributed by atoms with Crippen LogP contribution in [0.15, 0.2) is 48.5 Å². The van der Waals surface area contributed by atoms with Crippen molar-refractivity contribution in [1.29, 1.82) is 0 Å². The van der Waals surface area contributed by atoms with Crippen LogP contribution in [0.5, 0.6) is 5.75 Å². The van der Waals surface area contributed by atoms with Crippen LogP contribution in [0.1, 0.15) is 36.6 Å². The van der Waals surface area contributed by atoms with Crippen molar-refractivity contribution in [2.24, 2.45) is 0 Å². The van der Waals surface area contributed by atoms with Crippen LogP contribution in [-0.2, 0) is 13.0 Å². The molecule has 1 atom stereocenters. The lowest BCUT2D eigenvalue weighted by Crippen LogP contribution is -2.21. The fourth-order valence-electron chi connectivity index (χ4n) is 2.51. The smallest absolute Gasteiger partial charge is 0.122 e. The van der Waals surface area contributed by atoms with E-state index >= 15 is 0 Å². The van der Waals surface area contributed by atoms with Gasteiger partial charge in [-0.15, -0.1) is 0 Å². The van der Waals surface area contributed by atoms with Crippen molar-refractivity contribution < 1.29 is 9.84 Å². The van der Waals surface area contributed by atoms with Gasteiger partial charge in [-0.1, -0.05) is 42.5 Å². The van der Waals surface area contributed by atoms with Gasteiger partial charge in [0.05, 0.1) is 13.2 Å². The second kappa shape index (κ2) is 8.57. The van der Waals surface area contributed by atoms with E-state index in [1.54, 1.807) is 0 Å². The number of hydrogen-bond acceptors (Lipinski definition) is 3. The maximum atomic E-state index is 9.22. The van der Waals surface area contributed by atoms with E-state index in [0.717, 1.165) is 24.3 Å². The topological polar surface area (TPSA) is 41.5 Å². The molecule has 2 N–H and O–H groups in total. The lowest BCUT2D eigenvalue weighted by Gasteiger charge is -2.16. The average molecular weight is 299 g/mol. The molecular formula is C19H25NO2. The molecule has 0 aromatic heterocycles. The molecule has 3 heteroatoms. The molecule has 0 aliphatic heterocycles. The predicted octanol–water partition coefficient (Wildman–Crippen LogP) is 3.47. The molecule has 0 spiro atoms. The van der Waals surface area contributed by atoms with Gasteiger partial charge >= 0.3 is 0 Å². The van der Waals surface area contributed by atoms with E-state index in [4.69, 9.17) is 4.74 Å². The second-order valence-electron chi connectivity index (χ2n) is 5.37. The summed E-state index contributed by atoms with van der Waals surface area (Å²) in [4.78, 5) is 0. The summed E-state index contributed by atoms with van der Waals surface area (Å²) in [5.74, 6) is 0.974. The number of hydrogen-bond donors (Lipinski definition) is 2. The zero-order chi connectivity index (χ0) is 15.8. The molecule has 0 saturated heterocycles. The number of rotatable bonds is 8. The highest BCUT2D eigenvalue weighted by Gasteiger charge is 2.07. The highest BCUT2D eigenvalue weighted by Crippen LogP contribution is 2.19. The van der Waals surface area contributed by atoms with Gasteiger partial charge in [-0.25, -0.2) is 0 Å². The van der Waals surface area contributed by atoms with E-state index < -0.39 is 0 Å². The van der Waals surface area contributed by atoms with Crippen LogP contribution >= 0.6 is 0 Å². The molecule has 0 heterocycles. The van der Waals surface area contributed by atoms with Crippen LogP contribution in [0, 0.1) is 0 Å². The van der Waals surface area contributed by atoms with E-state index in [2.05, 4.69) is 24.4 Å². The minimum absolute atomic E-state index is 0.0856. The minimum Gasteiger partial charge on any atom is -0.494 e. The van der Waals surface area contributed by atoms with Gasteiger partial charge in [0.25, 0.3) is 0 Å². The Kier molecular flexibility index (Phi) is 6.44. The Bertz CT molecular complexity index is 583. The number of ether oxygens (including phenoxy) is 1. The summed E-state index contributed by atoms with van der Waals surface area (Å²) >= 11 is 0. The molecule has 0 fully saturated rings. The van der Waals surface area contributed by atoms with Crippen molar-refractivity contribution in [3.63, 3.8) is 0 Å². The molecule has 0 amide bonds. The summed E-state index contributed by atoms with van der Waals surface area (Å²) in [5.41, 5.74) is 3.38. The van der Waals surface area contributed by atoms with Gasteiger partial charge in [-0.2, -0.15) is 0 Å². The Morgan fingerprint density at radius 2 is 1.95 bits per heavy atom. The van der Waals surface area contributed by atoms with E-state index in [9.17, 15) is 5.11 Å². The molecule has 118 valence electrons. The van der Waals surface area contributed by atoms with Gasteiger partial charge in [-0.3, -0.25) is 0 Å². The van der Waals surface area contributed by atoms with Crippen LogP contribution < -0.4 is 10.1 Å². The summed E-state index contributed by atoms with van der Waals surface area (Å²) in [6.07, 6.45) is 0.931. The molecule has 2 aromatic rings. The Hall–Kier alpha value is -1.84. The second-order valence-corrected chi connectivity index (χ2v) is 5.37. The van der Waals surface area contributed by atoms with Crippen LogP contribution in [0.3, 0.4) is 0 Å². The summed E-state index contributed by atoms with van der Waals surface area (Å²) in [7, 11) is 0. The maximum Gasteiger partial charge on any atom is 0.122 e. The molecule has 0 bridgehead atoms. The summed E-state index contributed by atoms with van der Waals surface area (Å²) < 4.78 is 5.65. The van der Waals surface area contributed by atoms with Crippen molar-refractivity contribution in [3.05, 3.63) is 65.2 Å². The quantitative estimate of drug-likeness (QED) is 0.784. The third-order valence-corrected chi connectivity index (χ3v) is 3.75. The fourth-order valence-corrected chi connectivity index (χ4v) is 2.51. The minimum atomic E-state index is 0.0856. The first-order chi connectivity index (χ1) is 10.7. The van der Waals surface area contributed by atoms with Crippen molar-refractivity contribution in [3.8, 4) is 5.75 Å². The van der Waals surface area contributed by atoms with Gasteiger partial charge in [0.15, 0.2) is 0 Å². The molecule has 2 rings (SSSR count). The standard InChI is InChI=1S/C19H25NO2/c1-3-22-19-10-5-4-8-17(19)11-12-20-15(2)18-9-6-7-16(13-18)14-21/h4-10,13,15,20-21H,3,11-12,14H2,1-2H3. The van der Waals surface area contributed by atoms with Crippen LogP contribution in [0.25, 0.3) is 0 Å². The molecule has 0 saturated carbocycles. The number of aliphatic hydroxyl groups excluding tert-OH is 1. The van der Waals surface area contributed by atoms with Gasteiger partial charge in [-0.05, 0) is 49.6 Å². The molecule has 1 unspecified atom stereocenters. The van der Waals surface area contributed by atoms with Crippen molar-refractivity contribution in [2.75, 3.05) is 13.2 Å². The van der Waals surface area contributed by atoms with Crippen LogP contribution in [0.4, 0.5) is 0 Å². The van der Waals surface area contributed by atoms with Crippen molar-refractivity contribution in [2.45, 2.75) is 32.9 Å². The van der Waals surface area contributed by atoms with Crippen molar-refractivity contribution in [1.82, 2.24) is 5.32 Å². The summed E-state index contributed by atoms with van der Waals surface area (Å²) in [6.45, 7) is 5.81. The molecule has 0 aliphatic carbocycles. The van der Waals surface area contributed by atoms with Gasteiger partial charge in [0.1, 0.15) is 5.75 Å². The molecule has 3 nitrogen and oxygen atoms in total. The first-order valence-corrected chi connectivity index (χ1v) is 7.88. The SMILES string of the molecule is CCOc1ccccc1CCNC(C)c1cccc(CO)c1. The number of aliphatic hydroxyl groups is 1. The van der Waals surface area contributed by atoms with Gasteiger partial charge < -0.3 is 15.2 Å². The predicted molar refractivity (Wildman–Crippen MR) is 90.1 cm³/mol. The number of nitrogens with one attached hydrogen (secondary N) is 1. The third kappa shape index (κ3) is 4.58. The lowest BCUT2D eigenvalue weighted by molar-refractivity contribution is 0.281. The number of benzene rings is 2. The monoisotopic (exact) mass is 299 g/mol. The first-order valence-electron chi connectivity index (χ1n) is 7.88. The third-order valence-electron chi connectivity index (χ3n) is 3.75. The van der Waals surface area contributed by atoms with Gasteiger partial charge in [0.2, 0.25) is 0 Å². The summed E-state index contributed by atoms with van der Waals surface area (Å²) in [5, 5.41) is 12.7. The molecule has 22 heavy (non-hydrogen) atoms. The normalized spacial score (nSPS) is 12.1. The largest absolute Gasteiger partial charge is 0.494 e. The van der Waals surface area contributed by atoms with E-state index in [-0.39, 0.29) is 12.6 Å². The highest BCUT2D eigenvalue weighted by atomic mass is 16.5. The van der Waals surface area contributed by atoms with Crippen molar-refractivity contribution >= 4 is 0 Å². The van der Waals surface area contributed by atoms with E-state index in [1.807, 2.05) is 43.3 Å².